The summed E-state index contributed by atoms with van der Waals surface area (Å²) in [5.41, 5.74) is 2.23. The molecule has 0 saturated carbocycles. The number of benzene rings is 2. The predicted octanol–water partition coefficient (Wildman–Crippen LogP) is 3.45. The van der Waals surface area contributed by atoms with Crippen molar-refractivity contribution in [3.05, 3.63) is 52.5 Å². The first-order chi connectivity index (χ1) is 14.1. The van der Waals surface area contributed by atoms with Crippen LogP contribution < -0.4 is 19.1 Å². The third-order valence-electron chi connectivity index (χ3n) is 5.03. The first-order valence-electron chi connectivity index (χ1n) is 9.52. The SMILES string of the molecule is CC[C@H](NC(=O)[C@H]1CN(S(C)(=O)=O)c2cc(Cl)ccc2O1)c1ccc(OC)c(C)c1. The largest absolute Gasteiger partial charge is 0.496 e. The molecule has 0 spiro atoms. The number of rotatable bonds is 6. The minimum atomic E-state index is -3.62. The number of carbonyl (C=O) groups excluding carboxylic acids is 1. The predicted molar refractivity (Wildman–Crippen MR) is 117 cm³/mol. The highest BCUT2D eigenvalue weighted by Gasteiger charge is 2.35. The van der Waals surface area contributed by atoms with E-state index in [1.807, 2.05) is 32.0 Å². The van der Waals surface area contributed by atoms with E-state index in [9.17, 15) is 13.2 Å². The van der Waals surface area contributed by atoms with E-state index in [-0.39, 0.29) is 18.5 Å². The Labute approximate surface area is 182 Å². The van der Waals surface area contributed by atoms with Gasteiger partial charge in [0.25, 0.3) is 5.91 Å². The van der Waals surface area contributed by atoms with Crippen molar-refractivity contribution >= 4 is 33.2 Å². The molecule has 1 N–H and O–H groups in total. The third-order valence-corrected chi connectivity index (χ3v) is 6.41. The van der Waals surface area contributed by atoms with Crippen LogP contribution in [0.1, 0.15) is 30.5 Å². The minimum Gasteiger partial charge on any atom is -0.496 e. The zero-order chi connectivity index (χ0) is 22.1. The molecule has 0 bridgehead atoms. The van der Waals surface area contributed by atoms with Crippen molar-refractivity contribution in [3.8, 4) is 11.5 Å². The first-order valence-corrected chi connectivity index (χ1v) is 11.8. The lowest BCUT2D eigenvalue weighted by Gasteiger charge is -2.34. The molecule has 1 aliphatic rings. The van der Waals surface area contributed by atoms with E-state index in [1.165, 1.54) is 6.07 Å². The van der Waals surface area contributed by atoms with Gasteiger partial charge in [-0.05, 0) is 48.7 Å². The van der Waals surface area contributed by atoms with Gasteiger partial charge in [-0.2, -0.15) is 0 Å². The van der Waals surface area contributed by atoms with Gasteiger partial charge in [0.2, 0.25) is 10.0 Å². The van der Waals surface area contributed by atoms with Gasteiger partial charge >= 0.3 is 0 Å². The molecular weight excluding hydrogens is 428 g/mol. The number of carbonyl (C=O) groups is 1. The number of fused-ring (bicyclic) bond motifs is 1. The number of aryl methyl sites for hydroxylation is 1. The Bertz CT molecular complexity index is 1060. The lowest BCUT2D eigenvalue weighted by atomic mass is 10.0. The summed E-state index contributed by atoms with van der Waals surface area (Å²) in [4.78, 5) is 13.0. The number of anilines is 1. The van der Waals surface area contributed by atoms with Crippen molar-refractivity contribution in [2.24, 2.45) is 0 Å². The standard InChI is InChI=1S/C21H25ClN2O5S/c1-5-16(14-6-8-18(28-3)13(2)10-14)23-21(25)20-12-24(30(4,26)27)17-11-15(22)7-9-19(17)29-20/h6-11,16,20H,5,12H2,1-4H3,(H,23,25)/t16-,20+/m0/s1. The molecule has 1 aliphatic heterocycles. The number of nitrogens with one attached hydrogen (secondary N) is 1. The van der Waals surface area contributed by atoms with Gasteiger partial charge in [-0.3, -0.25) is 9.10 Å². The average Bonchev–Trinajstić information content (AvgIpc) is 2.70. The maximum Gasteiger partial charge on any atom is 0.263 e. The van der Waals surface area contributed by atoms with Crippen LogP contribution in [0.4, 0.5) is 5.69 Å². The topological polar surface area (TPSA) is 84.9 Å². The van der Waals surface area contributed by atoms with E-state index in [0.717, 1.165) is 27.4 Å². The van der Waals surface area contributed by atoms with Gasteiger partial charge in [0.1, 0.15) is 11.5 Å². The normalized spacial score (nSPS) is 17.0. The number of hydrogen-bond donors (Lipinski definition) is 1. The van der Waals surface area contributed by atoms with Gasteiger partial charge in [-0.1, -0.05) is 30.7 Å². The Balaban J connectivity index is 1.84. The van der Waals surface area contributed by atoms with Crippen molar-refractivity contribution in [1.29, 1.82) is 0 Å². The molecule has 0 aliphatic carbocycles. The second-order valence-corrected chi connectivity index (χ2v) is 9.55. The van der Waals surface area contributed by atoms with Crippen molar-refractivity contribution in [2.45, 2.75) is 32.4 Å². The highest BCUT2D eigenvalue weighted by molar-refractivity contribution is 7.92. The summed E-state index contributed by atoms with van der Waals surface area (Å²) in [7, 11) is -2.01. The van der Waals surface area contributed by atoms with Crippen LogP contribution in [-0.4, -0.2) is 40.3 Å². The molecule has 2 aromatic carbocycles. The van der Waals surface area contributed by atoms with Crippen LogP contribution in [0, 0.1) is 6.92 Å². The lowest BCUT2D eigenvalue weighted by molar-refractivity contribution is -0.128. The molecule has 0 radical (unpaired) electrons. The smallest absolute Gasteiger partial charge is 0.263 e. The zero-order valence-electron chi connectivity index (χ0n) is 17.3. The molecule has 30 heavy (non-hydrogen) atoms. The van der Waals surface area contributed by atoms with E-state index >= 15 is 0 Å². The Morgan fingerprint density at radius 3 is 2.67 bits per heavy atom. The van der Waals surface area contributed by atoms with E-state index in [0.29, 0.717) is 22.9 Å². The zero-order valence-corrected chi connectivity index (χ0v) is 18.9. The highest BCUT2D eigenvalue weighted by Crippen LogP contribution is 2.37. The van der Waals surface area contributed by atoms with Crippen molar-refractivity contribution in [1.82, 2.24) is 5.32 Å². The number of sulfonamides is 1. The molecular formula is C21H25ClN2O5S. The van der Waals surface area contributed by atoms with Crippen molar-refractivity contribution < 1.29 is 22.7 Å². The molecule has 0 aromatic heterocycles. The quantitative estimate of drug-likeness (QED) is 0.725. The van der Waals surface area contributed by atoms with Crippen LogP contribution in [-0.2, 0) is 14.8 Å². The monoisotopic (exact) mass is 452 g/mol. The maximum absolute atomic E-state index is 13.0. The molecule has 1 amide bonds. The van der Waals surface area contributed by atoms with Crippen molar-refractivity contribution in [3.63, 3.8) is 0 Å². The van der Waals surface area contributed by atoms with Gasteiger partial charge in [0, 0.05) is 5.02 Å². The van der Waals surface area contributed by atoms with E-state index in [4.69, 9.17) is 21.1 Å². The Morgan fingerprint density at radius 2 is 2.07 bits per heavy atom. The van der Waals surface area contributed by atoms with Gasteiger partial charge in [-0.15, -0.1) is 0 Å². The molecule has 162 valence electrons. The van der Waals surface area contributed by atoms with E-state index < -0.39 is 16.1 Å². The summed E-state index contributed by atoms with van der Waals surface area (Å²) in [6.45, 7) is 3.77. The molecule has 1 heterocycles. The van der Waals surface area contributed by atoms with Crippen LogP contribution in [0.2, 0.25) is 5.02 Å². The summed E-state index contributed by atoms with van der Waals surface area (Å²) in [5.74, 6) is 0.684. The van der Waals surface area contributed by atoms with Crippen LogP contribution in [0.3, 0.4) is 0 Å². The molecule has 0 saturated heterocycles. The fourth-order valence-corrected chi connectivity index (χ4v) is 4.55. The number of nitrogens with zero attached hydrogens (tertiary/aromatic N) is 1. The van der Waals surface area contributed by atoms with Crippen LogP contribution >= 0.6 is 11.6 Å². The Morgan fingerprint density at radius 1 is 1.33 bits per heavy atom. The van der Waals surface area contributed by atoms with Crippen LogP contribution in [0.25, 0.3) is 0 Å². The summed E-state index contributed by atoms with van der Waals surface area (Å²) in [5, 5.41) is 3.36. The number of ether oxygens (including phenoxy) is 2. The molecule has 0 fully saturated rings. The molecule has 3 rings (SSSR count). The third kappa shape index (κ3) is 4.65. The average molecular weight is 453 g/mol. The van der Waals surface area contributed by atoms with Gasteiger partial charge in [-0.25, -0.2) is 8.42 Å². The molecule has 9 heteroatoms. The number of hydrogen-bond acceptors (Lipinski definition) is 5. The van der Waals surface area contributed by atoms with Gasteiger partial charge in [0.15, 0.2) is 6.10 Å². The van der Waals surface area contributed by atoms with Gasteiger partial charge in [0.05, 0.1) is 31.6 Å². The Kier molecular flexibility index (Phi) is 6.47. The minimum absolute atomic E-state index is 0.129. The van der Waals surface area contributed by atoms with Crippen LogP contribution in [0.5, 0.6) is 11.5 Å². The van der Waals surface area contributed by atoms with Crippen molar-refractivity contribution in [2.75, 3.05) is 24.2 Å². The van der Waals surface area contributed by atoms with Gasteiger partial charge < -0.3 is 14.8 Å². The fourth-order valence-electron chi connectivity index (χ4n) is 3.48. The highest BCUT2D eigenvalue weighted by atomic mass is 35.5. The summed E-state index contributed by atoms with van der Waals surface area (Å²) in [6, 6.07) is 10.2. The number of methoxy groups -OCH3 is 1. The lowest BCUT2D eigenvalue weighted by Crippen LogP contribution is -2.51. The summed E-state index contributed by atoms with van der Waals surface area (Å²) >= 11 is 6.02. The fraction of sp³-hybridized carbons (Fsp3) is 0.381. The Hall–Kier alpha value is -2.45. The second kappa shape index (κ2) is 8.73. The van der Waals surface area contributed by atoms with E-state index in [1.54, 1.807) is 19.2 Å². The summed E-state index contributed by atoms with van der Waals surface area (Å²) in [6.07, 6.45) is 0.765. The van der Waals surface area contributed by atoms with E-state index in [2.05, 4.69) is 5.32 Å². The second-order valence-electron chi connectivity index (χ2n) is 7.21. The molecule has 2 aromatic rings. The molecule has 7 nitrogen and oxygen atoms in total. The molecule has 0 unspecified atom stereocenters. The number of amides is 1. The molecule has 2 atom stereocenters. The maximum atomic E-state index is 13.0. The first kappa shape index (κ1) is 22.2. The summed E-state index contributed by atoms with van der Waals surface area (Å²) < 4.78 is 36.9. The van der Waals surface area contributed by atoms with Crippen LogP contribution in [0.15, 0.2) is 36.4 Å². The number of halogens is 1.